The third kappa shape index (κ3) is 4.54. The van der Waals surface area contributed by atoms with E-state index >= 15 is 0 Å². The van der Waals surface area contributed by atoms with Gasteiger partial charge in [-0.05, 0) is 37.1 Å². The second-order valence-electron chi connectivity index (χ2n) is 6.77. The number of sulfonamides is 1. The van der Waals surface area contributed by atoms with Crippen molar-refractivity contribution in [2.45, 2.75) is 36.6 Å². The number of pyridine rings is 1. The van der Waals surface area contributed by atoms with Gasteiger partial charge in [0.15, 0.2) is 0 Å². The summed E-state index contributed by atoms with van der Waals surface area (Å²) in [5, 5.41) is 0. The summed E-state index contributed by atoms with van der Waals surface area (Å²) in [7, 11) is -1.95. The van der Waals surface area contributed by atoms with Gasteiger partial charge in [-0.1, -0.05) is 30.7 Å². The molecule has 1 aromatic heterocycles. The van der Waals surface area contributed by atoms with E-state index in [4.69, 9.17) is 0 Å². The van der Waals surface area contributed by atoms with E-state index in [0.29, 0.717) is 25.9 Å². The van der Waals surface area contributed by atoms with Crippen molar-refractivity contribution in [2.24, 2.45) is 0 Å². The highest BCUT2D eigenvalue weighted by atomic mass is 32.2. The van der Waals surface area contributed by atoms with E-state index in [0.717, 1.165) is 18.5 Å². The quantitative estimate of drug-likeness (QED) is 0.763. The highest BCUT2D eigenvalue weighted by Gasteiger charge is 2.38. The Morgan fingerprint density at radius 1 is 1.15 bits per heavy atom. The maximum atomic E-state index is 13.0. The van der Waals surface area contributed by atoms with Crippen molar-refractivity contribution in [3.63, 3.8) is 0 Å². The average Bonchev–Trinajstić information content (AvgIpc) is 2.73. The van der Waals surface area contributed by atoms with Crippen LogP contribution in [0.3, 0.4) is 0 Å². The van der Waals surface area contributed by atoms with Crippen LogP contribution < -0.4 is 0 Å². The maximum absolute atomic E-state index is 13.0. The Morgan fingerprint density at radius 2 is 1.89 bits per heavy atom. The first-order valence-electron chi connectivity index (χ1n) is 9.22. The molecule has 0 N–H and O–H groups in total. The van der Waals surface area contributed by atoms with Gasteiger partial charge in [0.25, 0.3) is 0 Å². The lowest BCUT2D eigenvalue weighted by Gasteiger charge is -2.35. The molecule has 0 spiro atoms. The summed E-state index contributed by atoms with van der Waals surface area (Å²) in [4.78, 5) is 19.1. The SMILES string of the molecule is CN(CCc1ccccn1)C(=O)C1CCCCN1S(=O)(=O)c1ccccc1. The molecule has 6 nitrogen and oxygen atoms in total. The van der Waals surface area contributed by atoms with Gasteiger partial charge in [-0.2, -0.15) is 4.31 Å². The number of hydrogen-bond acceptors (Lipinski definition) is 4. The lowest BCUT2D eigenvalue weighted by molar-refractivity contribution is -0.134. The molecule has 1 aliphatic heterocycles. The summed E-state index contributed by atoms with van der Waals surface area (Å²) in [5.41, 5.74) is 0.912. The molecule has 1 aromatic carbocycles. The second-order valence-corrected chi connectivity index (χ2v) is 8.66. The number of benzene rings is 1. The average molecular weight is 388 g/mol. The first-order chi connectivity index (χ1) is 13.0. The predicted octanol–water partition coefficient (Wildman–Crippen LogP) is 2.33. The molecule has 3 rings (SSSR count). The fraction of sp³-hybridized carbons (Fsp3) is 0.400. The summed E-state index contributed by atoms with van der Waals surface area (Å²) in [6.07, 6.45) is 4.55. The van der Waals surface area contributed by atoms with E-state index < -0.39 is 16.1 Å². The van der Waals surface area contributed by atoms with E-state index in [1.54, 1.807) is 48.5 Å². The van der Waals surface area contributed by atoms with E-state index in [1.165, 1.54) is 4.31 Å². The van der Waals surface area contributed by atoms with Gasteiger partial charge >= 0.3 is 0 Å². The molecule has 1 aliphatic rings. The van der Waals surface area contributed by atoms with Crippen LogP contribution >= 0.6 is 0 Å². The molecule has 7 heteroatoms. The largest absolute Gasteiger partial charge is 0.344 e. The van der Waals surface area contributed by atoms with Gasteiger partial charge in [-0.15, -0.1) is 0 Å². The predicted molar refractivity (Wildman–Crippen MR) is 104 cm³/mol. The minimum absolute atomic E-state index is 0.148. The van der Waals surface area contributed by atoms with E-state index in [-0.39, 0.29) is 10.8 Å². The zero-order valence-corrected chi connectivity index (χ0v) is 16.3. The fourth-order valence-electron chi connectivity index (χ4n) is 3.36. The lowest BCUT2D eigenvalue weighted by Crippen LogP contribution is -2.52. The van der Waals surface area contributed by atoms with Crippen molar-refractivity contribution in [3.05, 3.63) is 60.4 Å². The van der Waals surface area contributed by atoms with Crippen LogP contribution in [0.4, 0.5) is 0 Å². The van der Waals surface area contributed by atoms with E-state index in [9.17, 15) is 13.2 Å². The molecule has 1 amide bonds. The number of carbonyl (C=O) groups excluding carboxylic acids is 1. The molecule has 1 atom stereocenters. The van der Waals surface area contributed by atoms with Gasteiger partial charge in [0.1, 0.15) is 6.04 Å². The van der Waals surface area contributed by atoms with Gasteiger partial charge in [-0.25, -0.2) is 8.42 Å². The molecular formula is C20H25N3O3S. The van der Waals surface area contributed by atoms with Gasteiger partial charge in [-0.3, -0.25) is 9.78 Å². The summed E-state index contributed by atoms with van der Waals surface area (Å²) in [6, 6.07) is 13.4. The van der Waals surface area contributed by atoms with Gasteiger partial charge in [0, 0.05) is 38.4 Å². The molecular weight excluding hydrogens is 362 g/mol. The van der Waals surface area contributed by atoms with Crippen LogP contribution in [0.2, 0.25) is 0 Å². The van der Waals surface area contributed by atoms with Gasteiger partial charge < -0.3 is 4.90 Å². The molecule has 1 unspecified atom stereocenters. The van der Waals surface area contributed by atoms with Crippen molar-refractivity contribution >= 4 is 15.9 Å². The number of amides is 1. The Balaban J connectivity index is 1.73. The standard InChI is InChI=1S/C20H25N3O3S/c1-22(16-13-17-9-5-7-14-21-17)20(24)19-12-6-8-15-23(19)27(25,26)18-10-3-2-4-11-18/h2-5,7,9-11,14,19H,6,8,12-13,15-16H2,1H3. The van der Waals surface area contributed by atoms with Crippen molar-refractivity contribution in [3.8, 4) is 0 Å². The number of carbonyl (C=O) groups is 1. The Hall–Kier alpha value is -2.25. The number of nitrogens with zero attached hydrogens (tertiary/aromatic N) is 3. The van der Waals surface area contributed by atoms with Crippen LogP contribution in [0.5, 0.6) is 0 Å². The Labute approximate surface area is 160 Å². The van der Waals surface area contributed by atoms with E-state index in [2.05, 4.69) is 4.98 Å². The van der Waals surface area contributed by atoms with Crippen molar-refractivity contribution in [1.29, 1.82) is 0 Å². The molecule has 0 saturated carbocycles. The number of likely N-dealkylation sites (N-methyl/N-ethyl adjacent to an activating group) is 1. The Bertz CT molecular complexity index is 857. The number of piperidine rings is 1. The smallest absolute Gasteiger partial charge is 0.243 e. The lowest BCUT2D eigenvalue weighted by atomic mass is 10.0. The molecule has 2 aromatic rings. The summed E-state index contributed by atoms with van der Waals surface area (Å²) < 4.78 is 27.5. The van der Waals surface area contributed by atoms with Crippen LogP contribution in [0.25, 0.3) is 0 Å². The Morgan fingerprint density at radius 3 is 2.59 bits per heavy atom. The van der Waals surface area contributed by atoms with Crippen LogP contribution in [-0.4, -0.2) is 54.7 Å². The molecule has 27 heavy (non-hydrogen) atoms. The summed E-state index contributed by atoms with van der Waals surface area (Å²) in [5.74, 6) is -0.148. The van der Waals surface area contributed by atoms with E-state index in [1.807, 2.05) is 18.2 Å². The van der Waals surface area contributed by atoms with Crippen LogP contribution in [-0.2, 0) is 21.2 Å². The molecule has 0 aliphatic carbocycles. The zero-order valence-electron chi connectivity index (χ0n) is 15.5. The molecule has 1 saturated heterocycles. The number of hydrogen-bond donors (Lipinski definition) is 0. The van der Waals surface area contributed by atoms with Crippen molar-refractivity contribution in [2.75, 3.05) is 20.1 Å². The minimum atomic E-state index is -3.68. The van der Waals surface area contributed by atoms with Crippen LogP contribution in [0, 0.1) is 0 Å². The molecule has 1 fully saturated rings. The number of rotatable bonds is 6. The van der Waals surface area contributed by atoms with Gasteiger partial charge in [0.2, 0.25) is 15.9 Å². The third-order valence-electron chi connectivity index (χ3n) is 4.89. The highest BCUT2D eigenvalue weighted by Crippen LogP contribution is 2.26. The second kappa shape index (κ2) is 8.63. The van der Waals surface area contributed by atoms with Crippen molar-refractivity contribution < 1.29 is 13.2 Å². The molecule has 0 radical (unpaired) electrons. The normalized spacial score (nSPS) is 18.2. The third-order valence-corrected chi connectivity index (χ3v) is 6.82. The molecule has 2 heterocycles. The van der Waals surface area contributed by atoms with Crippen LogP contribution in [0.15, 0.2) is 59.6 Å². The molecule has 0 bridgehead atoms. The first-order valence-corrected chi connectivity index (χ1v) is 10.7. The van der Waals surface area contributed by atoms with Crippen LogP contribution in [0.1, 0.15) is 25.0 Å². The number of aromatic nitrogens is 1. The van der Waals surface area contributed by atoms with Gasteiger partial charge in [0.05, 0.1) is 4.90 Å². The monoisotopic (exact) mass is 387 g/mol. The first kappa shape index (κ1) is 19.5. The topological polar surface area (TPSA) is 70.6 Å². The summed E-state index contributed by atoms with van der Waals surface area (Å²) in [6.45, 7) is 0.882. The van der Waals surface area contributed by atoms with Crippen molar-refractivity contribution in [1.82, 2.24) is 14.2 Å². The zero-order chi connectivity index (χ0) is 19.3. The summed E-state index contributed by atoms with van der Waals surface area (Å²) >= 11 is 0. The Kier molecular flexibility index (Phi) is 6.23. The molecule has 144 valence electrons. The maximum Gasteiger partial charge on any atom is 0.243 e. The highest BCUT2D eigenvalue weighted by molar-refractivity contribution is 7.89. The fourth-order valence-corrected chi connectivity index (χ4v) is 5.03. The minimum Gasteiger partial charge on any atom is -0.344 e.